The normalized spacial score (nSPS) is 10.6. The van der Waals surface area contributed by atoms with Crippen LogP contribution in [0.5, 0.6) is 23.1 Å². The van der Waals surface area contributed by atoms with E-state index in [1.54, 1.807) is 31.2 Å². The summed E-state index contributed by atoms with van der Waals surface area (Å²) in [5.41, 5.74) is 0.591. The molecular weight excluding hydrogens is 308 g/mol. The van der Waals surface area contributed by atoms with Gasteiger partial charge >= 0.3 is 5.69 Å². The molecule has 2 N–H and O–H groups in total. The Balaban J connectivity index is 1.82. The minimum absolute atomic E-state index is 0.0990. The third kappa shape index (κ3) is 3.12. The molecule has 3 rings (SSSR count). The number of aromatic amines is 1. The first-order chi connectivity index (χ1) is 11.6. The van der Waals surface area contributed by atoms with Gasteiger partial charge < -0.3 is 19.6 Å². The number of aryl methyl sites for hydroxylation is 1. The van der Waals surface area contributed by atoms with E-state index in [1.165, 1.54) is 4.57 Å². The summed E-state index contributed by atoms with van der Waals surface area (Å²) in [5, 5.41) is 9.94. The van der Waals surface area contributed by atoms with Crippen molar-refractivity contribution in [2.24, 2.45) is 0 Å². The lowest BCUT2D eigenvalue weighted by Gasteiger charge is -2.09. The fourth-order valence-corrected chi connectivity index (χ4v) is 2.37. The quantitative estimate of drug-likeness (QED) is 0.753. The zero-order valence-electron chi connectivity index (χ0n) is 13.4. The molecule has 0 spiro atoms. The van der Waals surface area contributed by atoms with Crippen LogP contribution in [0, 0.1) is 6.92 Å². The van der Waals surface area contributed by atoms with Crippen molar-refractivity contribution in [3.05, 3.63) is 64.7 Å². The van der Waals surface area contributed by atoms with Crippen molar-refractivity contribution in [1.29, 1.82) is 0 Å². The third-order valence-corrected chi connectivity index (χ3v) is 3.49. The van der Waals surface area contributed by atoms with Crippen LogP contribution in [0.4, 0.5) is 0 Å². The zero-order valence-corrected chi connectivity index (χ0v) is 13.4. The molecule has 0 amide bonds. The Labute approximate surface area is 138 Å². The Morgan fingerprint density at radius 3 is 2.42 bits per heavy atom. The molecule has 6 nitrogen and oxygen atoms in total. The van der Waals surface area contributed by atoms with Crippen molar-refractivity contribution in [2.45, 2.75) is 13.8 Å². The molecule has 6 heteroatoms. The van der Waals surface area contributed by atoms with Crippen LogP contribution in [0.15, 0.2) is 53.3 Å². The van der Waals surface area contributed by atoms with Gasteiger partial charge in [-0.15, -0.1) is 0 Å². The van der Waals surface area contributed by atoms with Gasteiger partial charge in [-0.05, 0) is 50.2 Å². The summed E-state index contributed by atoms with van der Waals surface area (Å²) >= 11 is 0. The molecule has 0 radical (unpaired) electrons. The molecule has 0 bridgehead atoms. The molecule has 0 fully saturated rings. The molecule has 0 atom stereocenters. The van der Waals surface area contributed by atoms with Gasteiger partial charge in [0, 0.05) is 6.07 Å². The van der Waals surface area contributed by atoms with Gasteiger partial charge in [-0.3, -0.25) is 0 Å². The van der Waals surface area contributed by atoms with Crippen molar-refractivity contribution < 1.29 is 14.6 Å². The monoisotopic (exact) mass is 326 g/mol. The number of aromatic nitrogens is 2. The number of hydrogen-bond acceptors (Lipinski definition) is 4. The SMILES string of the molecule is CCOc1cccc(Oc2ccc(-n3c(O)c(C)[nH]c3=O)cc2)c1. The van der Waals surface area contributed by atoms with Gasteiger partial charge in [0.05, 0.1) is 18.0 Å². The number of rotatable bonds is 5. The van der Waals surface area contributed by atoms with E-state index in [-0.39, 0.29) is 11.6 Å². The van der Waals surface area contributed by atoms with Gasteiger partial charge in [0.25, 0.3) is 0 Å². The lowest BCUT2D eigenvalue weighted by molar-refractivity contribution is 0.338. The molecule has 2 aromatic carbocycles. The van der Waals surface area contributed by atoms with E-state index in [9.17, 15) is 9.90 Å². The Morgan fingerprint density at radius 2 is 1.79 bits per heavy atom. The largest absolute Gasteiger partial charge is 0.494 e. The summed E-state index contributed by atoms with van der Waals surface area (Å²) in [7, 11) is 0. The Kier molecular flexibility index (Phi) is 4.29. The topological polar surface area (TPSA) is 76.5 Å². The van der Waals surface area contributed by atoms with Crippen LogP contribution < -0.4 is 15.2 Å². The van der Waals surface area contributed by atoms with Gasteiger partial charge in [-0.1, -0.05) is 6.07 Å². The first-order valence-electron chi connectivity index (χ1n) is 7.60. The highest BCUT2D eigenvalue weighted by Gasteiger charge is 2.11. The van der Waals surface area contributed by atoms with E-state index in [4.69, 9.17) is 9.47 Å². The van der Waals surface area contributed by atoms with Gasteiger partial charge in [-0.25, -0.2) is 9.36 Å². The minimum Gasteiger partial charge on any atom is -0.494 e. The molecule has 24 heavy (non-hydrogen) atoms. The van der Waals surface area contributed by atoms with E-state index in [0.717, 1.165) is 5.75 Å². The molecule has 0 saturated carbocycles. The summed E-state index contributed by atoms with van der Waals surface area (Å²) in [6.07, 6.45) is 0. The number of hydrogen-bond donors (Lipinski definition) is 2. The Hall–Kier alpha value is -3.15. The van der Waals surface area contributed by atoms with Crippen LogP contribution in [-0.4, -0.2) is 21.3 Å². The molecule has 0 unspecified atom stereocenters. The molecule has 0 aliphatic carbocycles. The molecular formula is C18H18N2O4. The highest BCUT2D eigenvalue weighted by Crippen LogP contribution is 2.26. The zero-order chi connectivity index (χ0) is 17.1. The average molecular weight is 326 g/mol. The first kappa shape index (κ1) is 15.7. The number of aromatic hydroxyl groups is 1. The van der Waals surface area contributed by atoms with Crippen LogP contribution in [0.25, 0.3) is 5.69 Å². The fourth-order valence-electron chi connectivity index (χ4n) is 2.37. The highest BCUT2D eigenvalue weighted by atomic mass is 16.5. The Bertz CT molecular complexity index is 894. The van der Waals surface area contributed by atoms with Gasteiger partial charge in [0.2, 0.25) is 5.88 Å². The molecule has 1 aromatic heterocycles. The molecule has 0 saturated heterocycles. The van der Waals surface area contributed by atoms with E-state index in [0.29, 0.717) is 29.5 Å². The predicted octanol–water partition coefficient (Wildman–Crippen LogP) is 3.37. The van der Waals surface area contributed by atoms with Crippen LogP contribution in [0.2, 0.25) is 0 Å². The summed E-state index contributed by atoms with van der Waals surface area (Å²) in [4.78, 5) is 14.4. The maximum Gasteiger partial charge on any atom is 0.333 e. The van der Waals surface area contributed by atoms with Crippen molar-refractivity contribution >= 4 is 0 Å². The second kappa shape index (κ2) is 6.54. The number of nitrogens with zero attached hydrogens (tertiary/aromatic N) is 1. The number of benzene rings is 2. The lowest BCUT2D eigenvalue weighted by atomic mass is 10.3. The third-order valence-electron chi connectivity index (χ3n) is 3.49. The number of ether oxygens (including phenoxy) is 2. The molecule has 1 heterocycles. The number of nitrogens with one attached hydrogen (secondary N) is 1. The standard InChI is InChI=1S/C18H18N2O4/c1-3-23-15-5-4-6-16(11-15)24-14-9-7-13(8-10-14)20-17(21)12(2)19-18(20)22/h4-11,21H,3H2,1-2H3,(H,19,22). The van der Waals surface area contributed by atoms with E-state index >= 15 is 0 Å². The maximum atomic E-state index is 11.8. The van der Waals surface area contributed by atoms with Crippen molar-refractivity contribution in [3.8, 4) is 28.8 Å². The summed E-state index contributed by atoms with van der Waals surface area (Å²) in [6.45, 7) is 4.15. The second-order valence-electron chi connectivity index (χ2n) is 5.22. The van der Waals surface area contributed by atoms with Crippen LogP contribution in [0.1, 0.15) is 12.6 Å². The van der Waals surface area contributed by atoms with Crippen LogP contribution in [0.3, 0.4) is 0 Å². The summed E-state index contributed by atoms with van der Waals surface area (Å²) in [5.74, 6) is 1.92. The number of imidazole rings is 1. The smallest absolute Gasteiger partial charge is 0.333 e. The maximum absolute atomic E-state index is 11.8. The second-order valence-corrected chi connectivity index (χ2v) is 5.22. The number of H-pyrrole nitrogens is 1. The van der Waals surface area contributed by atoms with Crippen molar-refractivity contribution in [1.82, 2.24) is 9.55 Å². The predicted molar refractivity (Wildman–Crippen MR) is 90.5 cm³/mol. The molecule has 124 valence electrons. The molecule has 3 aromatic rings. The fraction of sp³-hybridized carbons (Fsp3) is 0.167. The first-order valence-corrected chi connectivity index (χ1v) is 7.60. The van der Waals surface area contributed by atoms with Crippen LogP contribution in [-0.2, 0) is 0 Å². The van der Waals surface area contributed by atoms with Crippen LogP contribution >= 0.6 is 0 Å². The average Bonchev–Trinajstić information content (AvgIpc) is 2.82. The van der Waals surface area contributed by atoms with Crippen molar-refractivity contribution in [2.75, 3.05) is 6.61 Å². The lowest BCUT2D eigenvalue weighted by Crippen LogP contribution is -2.14. The van der Waals surface area contributed by atoms with Gasteiger partial charge in [0.1, 0.15) is 17.2 Å². The van der Waals surface area contributed by atoms with Gasteiger partial charge in [-0.2, -0.15) is 0 Å². The van der Waals surface area contributed by atoms with Gasteiger partial charge in [0.15, 0.2) is 0 Å². The van der Waals surface area contributed by atoms with E-state index in [1.807, 2.05) is 31.2 Å². The highest BCUT2D eigenvalue weighted by molar-refractivity contribution is 5.43. The van der Waals surface area contributed by atoms with E-state index < -0.39 is 0 Å². The molecule has 0 aliphatic rings. The Morgan fingerprint density at radius 1 is 1.08 bits per heavy atom. The minimum atomic E-state index is -0.386. The van der Waals surface area contributed by atoms with E-state index in [2.05, 4.69) is 4.98 Å². The van der Waals surface area contributed by atoms with Crippen molar-refractivity contribution in [3.63, 3.8) is 0 Å². The summed E-state index contributed by atoms with van der Waals surface area (Å²) < 4.78 is 12.4. The molecule has 0 aliphatic heterocycles. The summed E-state index contributed by atoms with van der Waals surface area (Å²) in [6, 6.07) is 14.2.